The largest absolute Gasteiger partial charge is 0.486 e. The number of hydrogen-bond acceptors (Lipinski definition) is 5. The van der Waals surface area contributed by atoms with Gasteiger partial charge in [0.05, 0.1) is 12.1 Å². The smallest absolute Gasteiger partial charge is 0.387 e. The third-order valence-corrected chi connectivity index (χ3v) is 6.55. The predicted molar refractivity (Wildman–Crippen MR) is 128 cm³/mol. The average molecular weight is 488 g/mol. The summed E-state index contributed by atoms with van der Waals surface area (Å²) in [6.45, 7) is -1.50. The lowest BCUT2D eigenvalue weighted by Gasteiger charge is -2.42. The van der Waals surface area contributed by atoms with E-state index in [2.05, 4.69) is 4.90 Å². The van der Waals surface area contributed by atoms with E-state index in [1.807, 2.05) is 30.3 Å². The predicted octanol–water partition coefficient (Wildman–Crippen LogP) is 3.74. The maximum absolute atomic E-state index is 13.0. The average Bonchev–Trinajstić information content (AvgIpc) is 3.33. The van der Waals surface area contributed by atoms with Crippen molar-refractivity contribution in [3.8, 4) is 11.5 Å². The number of amides is 2. The van der Waals surface area contributed by atoms with Crippen LogP contribution in [0.25, 0.3) is 0 Å². The highest BCUT2D eigenvalue weighted by molar-refractivity contribution is 5.96. The minimum absolute atomic E-state index is 0.0145. The van der Waals surface area contributed by atoms with Crippen molar-refractivity contribution in [1.29, 1.82) is 0 Å². The summed E-state index contributed by atoms with van der Waals surface area (Å²) in [5.41, 5.74) is 7.15. The molecule has 4 rings (SSSR count). The summed E-state index contributed by atoms with van der Waals surface area (Å²) < 4.78 is 36.7. The summed E-state index contributed by atoms with van der Waals surface area (Å²) in [7, 11) is 0. The Hall–Kier alpha value is -3.36. The topological polar surface area (TPSA) is 85.1 Å². The highest BCUT2D eigenvalue weighted by Crippen LogP contribution is 2.36. The first-order valence-electron chi connectivity index (χ1n) is 12.0. The van der Waals surface area contributed by atoms with Crippen LogP contribution in [0.3, 0.4) is 0 Å². The van der Waals surface area contributed by atoms with Crippen LogP contribution in [0.2, 0.25) is 0 Å². The molecule has 2 amide bonds. The van der Waals surface area contributed by atoms with Gasteiger partial charge in [0, 0.05) is 31.4 Å². The number of nitrogens with two attached hydrogens (primary N) is 1. The fraction of sp³-hybridized carbons (Fsp3) is 0.462. The standard InChI is InChI=1S/C26H31F2N3O4/c27-26(28)35-22-11-10-19(15-23(22)34-21-8-4-5-9-21)30-12-13-31(25(33)16-24(29)32)20(17-30)14-18-6-2-1-3-7-18/h1-3,6-7,10-11,15,20-21,26H,4-5,8-9,12-14,16-17H2,(H2,29,32). The lowest BCUT2D eigenvalue weighted by molar-refractivity contribution is -0.137. The second kappa shape index (κ2) is 11.4. The Morgan fingerprint density at radius 2 is 1.77 bits per heavy atom. The van der Waals surface area contributed by atoms with Crippen LogP contribution in [0.1, 0.15) is 37.7 Å². The van der Waals surface area contributed by atoms with E-state index in [0.717, 1.165) is 36.9 Å². The van der Waals surface area contributed by atoms with Crippen molar-refractivity contribution in [2.75, 3.05) is 24.5 Å². The summed E-state index contributed by atoms with van der Waals surface area (Å²) in [4.78, 5) is 27.9. The van der Waals surface area contributed by atoms with Crippen molar-refractivity contribution >= 4 is 17.5 Å². The normalized spacial score (nSPS) is 18.7. The van der Waals surface area contributed by atoms with Gasteiger partial charge in [0.15, 0.2) is 11.5 Å². The van der Waals surface area contributed by atoms with Gasteiger partial charge in [-0.25, -0.2) is 0 Å². The molecular weight excluding hydrogens is 456 g/mol. The second-order valence-electron chi connectivity index (χ2n) is 9.05. The van der Waals surface area contributed by atoms with Crippen molar-refractivity contribution in [1.82, 2.24) is 4.90 Å². The van der Waals surface area contributed by atoms with Gasteiger partial charge in [0.1, 0.15) is 6.42 Å². The molecule has 2 fully saturated rings. The molecule has 188 valence electrons. The SMILES string of the molecule is NC(=O)CC(=O)N1CCN(c2ccc(OC(F)F)c(OC3CCCC3)c2)CC1Cc1ccccc1. The molecule has 2 N–H and O–H groups in total. The Bertz CT molecular complexity index is 1010. The molecule has 1 aliphatic carbocycles. The van der Waals surface area contributed by atoms with Gasteiger partial charge in [-0.3, -0.25) is 9.59 Å². The third kappa shape index (κ3) is 6.61. The van der Waals surface area contributed by atoms with Gasteiger partial charge < -0.3 is 25.0 Å². The number of anilines is 1. The minimum atomic E-state index is -2.94. The molecule has 35 heavy (non-hydrogen) atoms. The monoisotopic (exact) mass is 487 g/mol. The van der Waals surface area contributed by atoms with Crippen molar-refractivity contribution in [2.24, 2.45) is 5.73 Å². The van der Waals surface area contributed by atoms with Gasteiger partial charge >= 0.3 is 6.61 Å². The Balaban J connectivity index is 1.56. The van der Waals surface area contributed by atoms with Crippen LogP contribution in [-0.2, 0) is 16.0 Å². The van der Waals surface area contributed by atoms with E-state index in [1.165, 1.54) is 6.07 Å². The number of piperazine rings is 1. The van der Waals surface area contributed by atoms with Crippen molar-refractivity contribution in [3.05, 3.63) is 54.1 Å². The molecule has 0 bridgehead atoms. The second-order valence-corrected chi connectivity index (χ2v) is 9.05. The number of hydrogen-bond donors (Lipinski definition) is 1. The van der Waals surface area contributed by atoms with Crippen LogP contribution >= 0.6 is 0 Å². The van der Waals surface area contributed by atoms with Gasteiger partial charge in [-0.2, -0.15) is 8.78 Å². The van der Waals surface area contributed by atoms with Gasteiger partial charge in [-0.15, -0.1) is 0 Å². The molecule has 0 radical (unpaired) electrons. The molecule has 9 heteroatoms. The van der Waals surface area contributed by atoms with Gasteiger partial charge in [-0.05, 0) is 49.8 Å². The first-order valence-corrected chi connectivity index (χ1v) is 12.0. The number of carbonyl (C=O) groups excluding carboxylic acids is 2. The van der Waals surface area contributed by atoms with Crippen LogP contribution in [0, 0.1) is 0 Å². The Kier molecular flexibility index (Phi) is 8.05. The molecular formula is C26H31F2N3O4. The first kappa shape index (κ1) is 24.8. The van der Waals surface area contributed by atoms with E-state index in [0.29, 0.717) is 31.8 Å². The Morgan fingerprint density at radius 1 is 1.03 bits per heavy atom. The van der Waals surface area contributed by atoms with Crippen LogP contribution in [-0.4, -0.2) is 55.1 Å². The summed E-state index contributed by atoms with van der Waals surface area (Å²) in [6.07, 6.45) is 4.15. The molecule has 0 aromatic heterocycles. The molecule has 1 heterocycles. The number of rotatable bonds is 9. The summed E-state index contributed by atoms with van der Waals surface area (Å²) >= 11 is 0. The van der Waals surface area contributed by atoms with Crippen molar-refractivity contribution in [3.63, 3.8) is 0 Å². The third-order valence-electron chi connectivity index (χ3n) is 6.55. The first-order chi connectivity index (χ1) is 16.9. The van der Waals surface area contributed by atoms with Crippen LogP contribution in [0.4, 0.5) is 14.5 Å². The highest BCUT2D eigenvalue weighted by Gasteiger charge is 2.32. The minimum Gasteiger partial charge on any atom is -0.486 e. The van der Waals surface area contributed by atoms with E-state index < -0.39 is 12.5 Å². The number of primary amides is 1. The molecule has 7 nitrogen and oxygen atoms in total. The number of halogens is 2. The maximum Gasteiger partial charge on any atom is 0.387 e. The van der Waals surface area contributed by atoms with E-state index in [1.54, 1.807) is 17.0 Å². The van der Waals surface area contributed by atoms with Gasteiger partial charge in [0.25, 0.3) is 0 Å². The van der Waals surface area contributed by atoms with E-state index in [-0.39, 0.29) is 30.2 Å². The molecule has 2 aromatic rings. The highest BCUT2D eigenvalue weighted by atomic mass is 19.3. The maximum atomic E-state index is 13.0. The van der Waals surface area contributed by atoms with Crippen LogP contribution in [0.5, 0.6) is 11.5 Å². The molecule has 1 aliphatic heterocycles. The molecule has 1 unspecified atom stereocenters. The number of alkyl halides is 2. The summed E-state index contributed by atoms with van der Waals surface area (Å²) in [5, 5.41) is 0. The number of ether oxygens (including phenoxy) is 2. The molecule has 1 atom stereocenters. The zero-order valence-electron chi connectivity index (χ0n) is 19.6. The Labute approximate surface area is 203 Å². The lowest BCUT2D eigenvalue weighted by Crippen LogP contribution is -2.56. The molecule has 2 aliphatic rings. The zero-order chi connectivity index (χ0) is 24.8. The fourth-order valence-corrected chi connectivity index (χ4v) is 4.89. The van der Waals surface area contributed by atoms with E-state index in [4.69, 9.17) is 15.2 Å². The Morgan fingerprint density at radius 3 is 2.46 bits per heavy atom. The lowest BCUT2D eigenvalue weighted by atomic mass is 10.0. The number of carbonyl (C=O) groups is 2. The molecule has 1 saturated carbocycles. The fourth-order valence-electron chi connectivity index (χ4n) is 4.89. The van der Waals surface area contributed by atoms with Crippen molar-refractivity contribution in [2.45, 2.75) is 57.3 Å². The molecule has 2 aromatic carbocycles. The quantitative estimate of drug-likeness (QED) is 0.545. The van der Waals surface area contributed by atoms with Crippen molar-refractivity contribution < 1.29 is 27.8 Å². The van der Waals surface area contributed by atoms with Crippen LogP contribution < -0.4 is 20.1 Å². The molecule has 1 saturated heterocycles. The summed E-state index contributed by atoms with van der Waals surface area (Å²) in [6, 6.07) is 14.6. The number of nitrogens with zero attached hydrogens (tertiary/aromatic N) is 2. The number of benzene rings is 2. The van der Waals surface area contributed by atoms with E-state index in [9.17, 15) is 18.4 Å². The van der Waals surface area contributed by atoms with Gasteiger partial charge in [-0.1, -0.05) is 30.3 Å². The van der Waals surface area contributed by atoms with Crippen LogP contribution in [0.15, 0.2) is 48.5 Å². The van der Waals surface area contributed by atoms with Gasteiger partial charge in [0.2, 0.25) is 11.8 Å². The van der Waals surface area contributed by atoms with E-state index >= 15 is 0 Å². The molecule has 0 spiro atoms. The zero-order valence-corrected chi connectivity index (χ0v) is 19.6. The summed E-state index contributed by atoms with van der Waals surface area (Å²) in [5.74, 6) is -0.614.